The summed E-state index contributed by atoms with van der Waals surface area (Å²) in [6.07, 6.45) is 0. The molecule has 3 unspecified atom stereocenters. The summed E-state index contributed by atoms with van der Waals surface area (Å²) in [7, 11) is 4.19. The monoisotopic (exact) mass is 268 g/mol. The van der Waals surface area contributed by atoms with Crippen molar-refractivity contribution in [3.05, 3.63) is 11.1 Å². The third kappa shape index (κ3) is 2.68. The average Bonchev–Trinajstić information content (AvgIpc) is 2.84. The largest absolute Gasteiger partial charge is 0.345 e. The molecule has 1 saturated heterocycles. The fourth-order valence-electron chi connectivity index (χ4n) is 2.33. The van der Waals surface area contributed by atoms with E-state index in [0.717, 1.165) is 18.8 Å². The average molecular weight is 268 g/mol. The van der Waals surface area contributed by atoms with E-state index in [1.165, 1.54) is 5.13 Å². The van der Waals surface area contributed by atoms with Crippen LogP contribution in [0.25, 0.3) is 0 Å². The Balaban J connectivity index is 2.10. The molecule has 102 valence electrons. The van der Waals surface area contributed by atoms with Gasteiger partial charge in [0.05, 0.1) is 5.69 Å². The molecule has 2 rings (SSSR count). The van der Waals surface area contributed by atoms with Crippen LogP contribution < -0.4 is 10.2 Å². The van der Waals surface area contributed by atoms with Crippen LogP contribution in [0, 0.1) is 0 Å². The van der Waals surface area contributed by atoms with Crippen LogP contribution in [0.2, 0.25) is 0 Å². The van der Waals surface area contributed by atoms with E-state index < -0.39 is 0 Å². The van der Waals surface area contributed by atoms with Gasteiger partial charge in [-0.3, -0.25) is 4.90 Å². The highest BCUT2D eigenvalue weighted by Crippen LogP contribution is 2.27. The van der Waals surface area contributed by atoms with E-state index in [4.69, 9.17) is 4.98 Å². The van der Waals surface area contributed by atoms with Gasteiger partial charge >= 0.3 is 0 Å². The Hall–Kier alpha value is -0.650. The summed E-state index contributed by atoms with van der Waals surface area (Å²) in [5, 5.41) is 6.58. The molecule has 0 spiro atoms. The van der Waals surface area contributed by atoms with Crippen LogP contribution in [0.5, 0.6) is 0 Å². The fraction of sp³-hybridized carbons (Fsp3) is 0.769. The van der Waals surface area contributed by atoms with E-state index >= 15 is 0 Å². The van der Waals surface area contributed by atoms with Gasteiger partial charge in [-0.2, -0.15) is 0 Å². The molecule has 1 aromatic heterocycles. The zero-order chi connectivity index (χ0) is 13.3. The molecule has 0 aliphatic carbocycles. The van der Waals surface area contributed by atoms with Gasteiger partial charge in [0.25, 0.3) is 0 Å². The van der Waals surface area contributed by atoms with Crippen LogP contribution in [0.4, 0.5) is 5.13 Å². The molecule has 0 radical (unpaired) electrons. The Morgan fingerprint density at radius 3 is 2.56 bits per heavy atom. The van der Waals surface area contributed by atoms with Crippen molar-refractivity contribution in [3.63, 3.8) is 0 Å². The second kappa shape index (κ2) is 5.55. The van der Waals surface area contributed by atoms with Crippen molar-refractivity contribution in [2.75, 3.05) is 32.1 Å². The maximum absolute atomic E-state index is 4.76. The Bertz CT molecular complexity index is 380. The van der Waals surface area contributed by atoms with E-state index in [0.29, 0.717) is 18.1 Å². The van der Waals surface area contributed by atoms with E-state index in [-0.39, 0.29) is 0 Å². The predicted molar refractivity (Wildman–Crippen MR) is 78.5 cm³/mol. The molecule has 1 N–H and O–H groups in total. The molecule has 4 nitrogen and oxygen atoms in total. The van der Waals surface area contributed by atoms with Crippen LogP contribution in [0.1, 0.15) is 32.5 Å². The summed E-state index contributed by atoms with van der Waals surface area (Å²) >= 11 is 1.76. The van der Waals surface area contributed by atoms with Crippen LogP contribution in [-0.4, -0.2) is 49.2 Å². The van der Waals surface area contributed by atoms with Crippen LogP contribution >= 0.6 is 11.3 Å². The SMILES string of the molecule is CNC(C)c1csc(N2CC(C)N(C)C(C)C2)n1. The van der Waals surface area contributed by atoms with Gasteiger partial charge in [-0.15, -0.1) is 11.3 Å². The minimum Gasteiger partial charge on any atom is -0.345 e. The number of anilines is 1. The first kappa shape index (κ1) is 13.8. The van der Waals surface area contributed by atoms with Crippen molar-refractivity contribution in [3.8, 4) is 0 Å². The summed E-state index contributed by atoms with van der Waals surface area (Å²) in [5.41, 5.74) is 1.15. The Morgan fingerprint density at radius 1 is 1.39 bits per heavy atom. The number of thiazole rings is 1. The summed E-state index contributed by atoms with van der Waals surface area (Å²) < 4.78 is 0. The number of hydrogen-bond donors (Lipinski definition) is 1. The Morgan fingerprint density at radius 2 is 2.00 bits per heavy atom. The number of aromatic nitrogens is 1. The zero-order valence-electron chi connectivity index (χ0n) is 12.0. The maximum Gasteiger partial charge on any atom is 0.185 e. The second-order valence-electron chi connectivity index (χ2n) is 5.33. The molecule has 1 aromatic rings. The van der Waals surface area contributed by atoms with Gasteiger partial charge in [0.15, 0.2) is 5.13 Å². The second-order valence-corrected chi connectivity index (χ2v) is 6.17. The van der Waals surface area contributed by atoms with Gasteiger partial charge in [0.1, 0.15) is 0 Å². The normalized spacial score (nSPS) is 27.5. The molecule has 0 amide bonds. The lowest BCUT2D eigenvalue weighted by Gasteiger charge is -2.42. The number of rotatable bonds is 3. The summed E-state index contributed by atoms with van der Waals surface area (Å²) in [5.74, 6) is 0. The lowest BCUT2D eigenvalue weighted by molar-refractivity contribution is 0.170. The zero-order valence-corrected chi connectivity index (χ0v) is 12.8. The molecule has 18 heavy (non-hydrogen) atoms. The van der Waals surface area contributed by atoms with Crippen molar-refractivity contribution in [1.29, 1.82) is 0 Å². The lowest BCUT2D eigenvalue weighted by Crippen LogP contribution is -2.55. The molecule has 2 heterocycles. The molecule has 0 bridgehead atoms. The van der Waals surface area contributed by atoms with Crippen molar-refractivity contribution in [2.45, 2.75) is 38.9 Å². The topological polar surface area (TPSA) is 31.4 Å². The maximum atomic E-state index is 4.76. The first-order valence-electron chi connectivity index (χ1n) is 6.62. The number of nitrogens with one attached hydrogen (secondary N) is 1. The molecule has 1 fully saturated rings. The number of hydrogen-bond acceptors (Lipinski definition) is 5. The van der Waals surface area contributed by atoms with Gasteiger partial charge in [-0.1, -0.05) is 0 Å². The highest BCUT2D eigenvalue weighted by Gasteiger charge is 2.28. The highest BCUT2D eigenvalue weighted by atomic mass is 32.1. The van der Waals surface area contributed by atoms with E-state index in [2.05, 4.69) is 48.3 Å². The smallest absolute Gasteiger partial charge is 0.185 e. The van der Waals surface area contributed by atoms with Crippen LogP contribution in [0.15, 0.2) is 5.38 Å². The highest BCUT2D eigenvalue weighted by molar-refractivity contribution is 7.13. The van der Waals surface area contributed by atoms with Crippen molar-refractivity contribution >= 4 is 16.5 Å². The van der Waals surface area contributed by atoms with Crippen molar-refractivity contribution in [1.82, 2.24) is 15.2 Å². The molecule has 3 atom stereocenters. The predicted octanol–water partition coefficient (Wildman–Crippen LogP) is 1.95. The van der Waals surface area contributed by atoms with E-state index in [1.54, 1.807) is 11.3 Å². The minimum atomic E-state index is 0.331. The molecular formula is C13H24N4S. The number of likely N-dealkylation sites (N-methyl/N-ethyl adjacent to an activating group) is 1. The summed E-state index contributed by atoms with van der Waals surface area (Å²) in [6.45, 7) is 8.86. The van der Waals surface area contributed by atoms with Crippen molar-refractivity contribution in [2.24, 2.45) is 0 Å². The molecule has 0 aromatic carbocycles. The molecular weight excluding hydrogens is 244 g/mol. The van der Waals surface area contributed by atoms with Crippen molar-refractivity contribution < 1.29 is 0 Å². The summed E-state index contributed by atoms with van der Waals surface area (Å²) in [4.78, 5) is 9.63. The first-order chi connectivity index (χ1) is 8.52. The lowest BCUT2D eigenvalue weighted by atomic mass is 10.1. The van der Waals surface area contributed by atoms with Gasteiger partial charge in [-0.25, -0.2) is 4.98 Å². The van der Waals surface area contributed by atoms with Gasteiger partial charge in [0.2, 0.25) is 0 Å². The Labute approximate surface area is 114 Å². The molecule has 1 aliphatic heterocycles. The Kier molecular flexibility index (Phi) is 4.25. The van der Waals surface area contributed by atoms with E-state index in [9.17, 15) is 0 Å². The van der Waals surface area contributed by atoms with Crippen LogP contribution in [0.3, 0.4) is 0 Å². The van der Waals surface area contributed by atoms with Gasteiger partial charge < -0.3 is 10.2 Å². The molecule has 5 heteroatoms. The molecule has 0 saturated carbocycles. The van der Waals surface area contributed by atoms with Gasteiger partial charge in [-0.05, 0) is 34.9 Å². The standard InChI is InChI=1S/C13H24N4S/c1-9-6-17(7-10(2)16(9)5)13-15-12(8-18-13)11(3)14-4/h8-11,14H,6-7H2,1-5H3. The van der Waals surface area contributed by atoms with E-state index in [1.807, 2.05) is 7.05 Å². The third-order valence-electron chi connectivity index (χ3n) is 4.02. The summed E-state index contributed by atoms with van der Waals surface area (Å²) in [6, 6.07) is 1.50. The quantitative estimate of drug-likeness (QED) is 0.908. The van der Waals surface area contributed by atoms with Gasteiger partial charge in [0, 0.05) is 36.6 Å². The minimum absolute atomic E-state index is 0.331. The molecule has 1 aliphatic rings. The fourth-order valence-corrected chi connectivity index (χ4v) is 3.27. The third-order valence-corrected chi connectivity index (χ3v) is 4.94. The number of piperazine rings is 1. The first-order valence-corrected chi connectivity index (χ1v) is 7.50. The van der Waals surface area contributed by atoms with Crippen LogP contribution in [-0.2, 0) is 0 Å². The number of nitrogens with zero attached hydrogens (tertiary/aromatic N) is 3.